The molecular formula is C15H20BrN5. The van der Waals surface area contributed by atoms with E-state index in [1.165, 1.54) is 0 Å². The van der Waals surface area contributed by atoms with Gasteiger partial charge in [-0.2, -0.15) is 4.99 Å². The summed E-state index contributed by atoms with van der Waals surface area (Å²) in [6.07, 6.45) is 4.11. The first-order chi connectivity index (χ1) is 10.0. The van der Waals surface area contributed by atoms with Crippen LogP contribution in [0.3, 0.4) is 0 Å². The predicted octanol–water partition coefficient (Wildman–Crippen LogP) is 2.80. The van der Waals surface area contributed by atoms with Crippen molar-refractivity contribution in [2.75, 3.05) is 4.90 Å². The average molecular weight is 350 g/mol. The number of nitrogens with two attached hydrogens (primary N) is 2. The van der Waals surface area contributed by atoms with E-state index in [4.69, 9.17) is 11.5 Å². The molecule has 1 aliphatic heterocycles. The molecular weight excluding hydrogens is 330 g/mol. The van der Waals surface area contributed by atoms with Crippen molar-refractivity contribution in [3.63, 3.8) is 0 Å². The molecule has 1 spiro atoms. The van der Waals surface area contributed by atoms with Gasteiger partial charge in [0.1, 0.15) is 5.66 Å². The lowest BCUT2D eigenvalue weighted by atomic mass is 9.81. The minimum atomic E-state index is -0.397. The van der Waals surface area contributed by atoms with Crippen molar-refractivity contribution in [3.05, 3.63) is 28.7 Å². The maximum Gasteiger partial charge on any atom is 0.220 e. The molecule has 0 atom stereocenters. The molecule has 112 valence electrons. The Kier molecular flexibility index (Phi) is 3.65. The number of benzene rings is 1. The van der Waals surface area contributed by atoms with Crippen molar-refractivity contribution >= 4 is 33.5 Å². The number of rotatable bonds is 1. The van der Waals surface area contributed by atoms with Gasteiger partial charge < -0.3 is 11.5 Å². The molecule has 1 fully saturated rings. The molecule has 0 saturated heterocycles. The minimum absolute atomic E-state index is 0.283. The summed E-state index contributed by atoms with van der Waals surface area (Å²) in [4.78, 5) is 10.9. The number of aliphatic imine (C=N–C) groups is 2. The zero-order valence-electron chi connectivity index (χ0n) is 12.1. The second kappa shape index (κ2) is 5.33. The highest BCUT2D eigenvalue weighted by Crippen LogP contribution is 2.42. The quantitative estimate of drug-likeness (QED) is 0.817. The Morgan fingerprint density at radius 2 is 1.90 bits per heavy atom. The van der Waals surface area contributed by atoms with Crippen LogP contribution in [0.1, 0.15) is 32.6 Å². The molecule has 3 rings (SSSR count). The van der Waals surface area contributed by atoms with E-state index in [-0.39, 0.29) is 5.96 Å². The van der Waals surface area contributed by atoms with E-state index in [1.54, 1.807) is 0 Å². The number of hydrogen-bond donors (Lipinski definition) is 2. The van der Waals surface area contributed by atoms with Crippen LogP contribution in [0.15, 0.2) is 38.7 Å². The Morgan fingerprint density at radius 1 is 1.24 bits per heavy atom. The lowest BCUT2D eigenvalue weighted by Crippen LogP contribution is -2.58. The molecule has 4 N–H and O–H groups in total. The standard InChI is InChI=1S/C15H20BrN5/c1-10-6-8-15(9-7-10)20-13(17)19-14(18)21(15)12-5-3-2-4-11(12)16/h2-5,10H,6-9H2,1H3,(H4,17,18,19,20). The van der Waals surface area contributed by atoms with Gasteiger partial charge in [0, 0.05) is 4.47 Å². The Morgan fingerprint density at radius 3 is 2.57 bits per heavy atom. The van der Waals surface area contributed by atoms with E-state index < -0.39 is 5.66 Å². The summed E-state index contributed by atoms with van der Waals surface area (Å²) in [6, 6.07) is 8.01. The van der Waals surface area contributed by atoms with E-state index >= 15 is 0 Å². The number of nitrogens with zero attached hydrogens (tertiary/aromatic N) is 3. The lowest BCUT2D eigenvalue weighted by Gasteiger charge is -2.47. The summed E-state index contributed by atoms with van der Waals surface area (Å²) in [5.74, 6) is 1.42. The first-order valence-corrected chi connectivity index (χ1v) is 8.05. The van der Waals surface area contributed by atoms with Gasteiger partial charge in [-0.15, -0.1) is 0 Å². The molecule has 0 unspecified atom stereocenters. The maximum absolute atomic E-state index is 6.20. The highest BCUT2D eigenvalue weighted by molar-refractivity contribution is 9.10. The molecule has 0 aromatic heterocycles. The van der Waals surface area contributed by atoms with Crippen molar-refractivity contribution < 1.29 is 0 Å². The van der Waals surface area contributed by atoms with Crippen molar-refractivity contribution in [2.24, 2.45) is 27.4 Å². The van der Waals surface area contributed by atoms with Crippen LogP contribution in [0.2, 0.25) is 0 Å². The average Bonchev–Trinajstić information content (AvgIpc) is 2.43. The van der Waals surface area contributed by atoms with E-state index in [2.05, 4.69) is 32.8 Å². The smallest absolute Gasteiger partial charge is 0.220 e. The summed E-state index contributed by atoms with van der Waals surface area (Å²) in [7, 11) is 0. The van der Waals surface area contributed by atoms with Gasteiger partial charge in [0.15, 0.2) is 0 Å². The Bertz CT molecular complexity index is 602. The van der Waals surface area contributed by atoms with Crippen molar-refractivity contribution in [1.29, 1.82) is 0 Å². The molecule has 1 saturated carbocycles. The van der Waals surface area contributed by atoms with Gasteiger partial charge in [-0.1, -0.05) is 19.1 Å². The Hall–Kier alpha value is -1.56. The van der Waals surface area contributed by atoms with Gasteiger partial charge in [-0.25, -0.2) is 4.99 Å². The number of halogens is 1. The molecule has 1 heterocycles. The molecule has 0 amide bonds. The molecule has 6 heteroatoms. The fourth-order valence-electron chi connectivity index (χ4n) is 3.21. The minimum Gasteiger partial charge on any atom is -0.369 e. The third-order valence-corrected chi connectivity index (χ3v) is 5.04. The summed E-state index contributed by atoms with van der Waals surface area (Å²) >= 11 is 3.60. The van der Waals surface area contributed by atoms with Gasteiger partial charge in [0.2, 0.25) is 11.9 Å². The summed E-state index contributed by atoms with van der Waals surface area (Å²) in [6.45, 7) is 2.28. The second-order valence-electron chi connectivity index (χ2n) is 5.89. The van der Waals surface area contributed by atoms with Gasteiger partial charge >= 0.3 is 0 Å². The normalized spacial score (nSPS) is 29.2. The molecule has 2 aliphatic rings. The zero-order chi connectivity index (χ0) is 15.0. The molecule has 1 aliphatic carbocycles. The molecule has 5 nitrogen and oxygen atoms in total. The third kappa shape index (κ3) is 2.52. The number of para-hydroxylation sites is 1. The van der Waals surface area contributed by atoms with Crippen LogP contribution in [0.25, 0.3) is 0 Å². The number of hydrogen-bond acceptors (Lipinski definition) is 5. The zero-order valence-corrected chi connectivity index (χ0v) is 13.7. The largest absolute Gasteiger partial charge is 0.369 e. The van der Waals surface area contributed by atoms with E-state index in [0.717, 1.165) is 35.8 Å². The van der Waals surface area contributed by atoms with Crippen LogP contribution in [0, 0.1) is 5.92 Å². The van der Waals surface area contributed by atoms with Gasteiger partial charge in [-0.3, -0.25) is 4.90 Å². The summed E-state index contributed by atoms with van der Waals surface area (Å²) < 4.78 is 0.983. The van der Waals surface area contributed by atoms with E-state index in [0.29, 0.717) is 11.9 Å². The van der Waals surface area contributed by atoms with Crippen LogP contribution in [0.4, 0.5) is 5.69 Å². The van der Waals surface area contributed by atoms with Crippen LogP contribution in [0.5, 0.6) is 0 Å². The van der Waals surface area contributed by atoms with E-state index in [1.807, 2.05) is 29.2 Å². The fourth-order valence-corrected chi connectivity index (χ4v) is 3.67. The molecule has 1 aromatic carbocycles. The Balaban J connectivity index is 2.07. The highest BCUT2D eigenvalue weighted by atomic mass is 79.9. The highest BCUT2D eigenvalue weighted by Gasteiger charge is 2.44. The number of anilines is 1. The second-order valence-corrected chi connectivity index (χ2v) is 6.75. The third-order valence-electron chi connectivity index (χ3n) is 4.37. The van der Waals surface area contributed by atoms with Gasteiger partial charge in [-0.05, 0) is 59.7 Å². The van der Waals surface area contributed by atoms with Crippen LogP contribution < -0.4 is 16.4 Å². The fraction of sp³-hybridized carbons (Fsp3) is 0.467. The molecule has 0 bridgehead atoms. The lowest BCUT2D eigenvalue weighted by molar-refractivity contribution is 0.252. The SMILES string of the molecule is CC1CCC2(CC1)N=C(N)N=C(N)N2c1ccccc1Br. The van der Waals surface area contributed by atoms with Gasteiger partial charge in [0.05, 0.1) is 5.69 Å². The molecule has 0 radical (unpaired) electrons. The topological polar surface area (TPSA) is 80.0 Å². The van der Waals surface area contributed by atoms with E-state index in [9.17, 15) is 0 Å². The van der Waals surface area contributed by atoms with Crippen LogP contribution in [-0.4, -0.2) is 17.6 Å². The first kappa shape index (κ1) is 14.4. The van der Waals surface area contributed by atoms with Gasteiger partial charge in [0.25, 0.3) is 0 Å². The monoisotopic (exact) mass is 349 g/mol. The predicted molar refractivity (Wildman–Crippen MR) is 90.2 cm³/mol. The Labute approximate surface area is 133 Å². The van der Waals surface area contributed by atoms with Crippen molar-refractivity contribution in [2.45, 2.75) is 38.3 Å². The van der Waals surface area contributed by atoms with Crippen LogP contribution >= 0.6 is 15.9 Å². The first-order valence-electron chi connectivity index (χ1n) is 7.26. The molecule has 1 aromatic rings. The molecule has 21 heavy (non-hydrogen) atoms. The maximum atomic E-state index is 6.20. The summed E-state index contributed by atoms with van der Waals surface area (Å²) in [5, 5.41) is 0. The van der Waals surface area contributed by atoms with Crippen LogP contribution in [-0.2, 0) is 0 Å². The summed E-state index contributed by atoms with van der Waals surface area (Å²) in [5.41, 5.74) is 12.7. The van der Waals surface area contributed by atoms with Crippen molar-refractivity contribution in [3.8, 4) is 0 Å². The number of guanidine groups is 2. The van der Waals surface area contributed by atoms with Crippen molar-refractivity contribution in [1.82, 2.24) is 0 Å².